The van der Waals surface area contributed by atoms with Gasteiger partial charge in [0, 0.05) is 12.1 Å². The molecule has 0 aliphatic carbocycles. The van der Waals surface area contributed by atoms with Crippen LogP contribution in [-0.4, -0.2) is 13.3 Å². The molecule has 2 aromatic rings. The van der Waals surface area contributed by atoms with Gasteiger partial charge in [-0.15, -0.1) is 0 Å². The highest BCUT2D eigenvalue weighted by Crippen LogP contribution is 2.29. The second-order valence-electron chi connectivity index (χ2n) is 4.02. The molecule has 0 amide bonds. The van der Waals surface area contributed by atoms with Gasteiger partial charge >= 0.3 is 10.1 Å². The van der Waals surface area contributed by atoms with Crippen LogP contribution in [0.3, 0.4) is 0 Å². The van der Waals surface area contributed by atoms with Crippen molar-refractivity contribution in [3.8, 4) is 11.8 Å². The monoisotopic (exact) mass is 338 g/mol. The SMILES string of the molecule is N#Cc1ccccc1OS(=O)(=O)c1cc([N+](=O)[O-])ccc1Cl. The number of nitriles is 1. The molecule has 0 bridgehead atoms. The summed E-state index contributed by atoms with van der Waals surface area (Å²) >= 11 is 5.78. The lowest BCUT2D eigenvalue weighted by Gasteiger charge is -2.09. The smallest absolute Gasteiger partial charge is 0.341 e. The number of nitro groups is 1. The first-order chi connectivity index (χ1) is 10.3. The molecule has 0 aliphatic rings. The lowest BCUT2D eigenvalue weighted by molar-refractivity contribution is -0.385. The van der Waals surface area contributed by atoms with Gasteiger partial charge in [0.2, 0.25) is 0 Å². The molecule has 0 N–H and O–H groups in total. The van der Waals surface area contributed by atoms with Crippen LogP contribution in [0.4, 0.5) is 5.69 Å². The predicted molar refractivity (Wildman–Crippen MR) is 77.1 cm³/mol. The molecule has 22 heavy (non-hydrogen) atoms. The average Bonchev–Trinajstić information content (AvgIpc) is 2.47. The molecule has 0 saturated heterocycles. The van der Waals surface area contributed by atoms with Gasteiger partial charge in [0.1, 0.15) is 11.0 Å². The van der Waals surface area contributed by atoms with Crippen molar-refractivity contribution in [3.05, 3.63) is 63.2 Å². The molecule has 0 heterocycles. The van der Waals surface area contributed by atoms with Crippen LogP contribution in [0.2, 0.25) is 5.02 Å². The average molecular weight is 339 g/mol. The van der Waals surface area contributed by atoms with Crippen LogP contribution in [-0.2, 0) is 10.1 Å². The molecule has 112 valence electrons. The van der Waals surface area contributed by atoms with Crippen molar-refractivity contribution in [2.45, 2.75) is 4.90 Å². The standard InChI is InChI=1S/C13H7ClN2O5S/c14-11-6-5-10(16(17)18)7-13(11)22(19,20)21-12-4-2-1-3-9(12)8-15/h1-7H. The highest BCUT2D eigenvalue weighted by Gasteiger charge is 2.24. The largest absolute Gasteiger partial charge is 0.378 e. The van der Waals surface area contributed by atoms with E-state index in [2.05, 4.69) is 0 Å². The Kier molecular flexibility index (Phi) is 4.30. The van der Waals surface area contributed by atoms with Gasteiger partial charge in [-0.2, -0.15) is 13.7 Å². The number of hydrogen-bond acceptors (Lipinski definition) is 6. The van der Waals surface area contributed by atoms with Crippen molar-refractivity contribution in [1.82, 2.24) is 0 Å². The van der Waals surface area contributed by atoms with Crippen molar-refractivity contribution in [2.24, 2.45) is 0 Å². The topological polar surface area (TPSA) is 110 Å². The van der Waals surface area contributed by atoms with Gasteiger partial charge in [-0.1, -0.05) is 23.7 Å². The summed E-state index contributed by atoms with van der Waals surface area (Å²) < 4.78 is 29.3. The zero-order chi connectivity index (χ0) is 16.3. The quantitative estimate of drug-likeness (QED) is 0.481. The third kappa shape index (κ3) is 3.16. The lowest BCUT2D eigenvalue weighted by Crippen LogP contribution is -2.11. The van der Waals surface area contributed by atoms with E-state index in [1.54, 1.807) is 12.1 Å². The first-order valence-electron chi connectivity index (χ1n) is 5.72. The van der Waals surface area contributed by atoms with E-state index in [-0.39, 0.29) is 16.3 Å². The number of nitrogens with zero attached hydrogens (tertiary/aromatic N) is 2. The molecule has 7 nitrogen and oxygen atoms in total. The first-order valence-corrected chi connectivity index (χ1v) is 7.51. The highest BCUT2D eigenvalue weighted by atomic mass is 35.5. The third-order valence-electron chi connectivity index (χ3n) is 2.60. The molecule has 2 rings (SSSR count). The maximum Gasteiger partial charge on any atom is 0.341 e. The van der Waals surface area contributed by atoms with Crippen LogP contribution in [0, 0.1) is 21.4 Å². The van der Waals surface area contributed by atoms with E-state index >= 15 is 0 Å². The Morgan fingerprint density at radius 2 is 1.91 bits per heavy atom. The molecule has 0 fully saturated rings. The fraction of sp³-hybridized carbons (Fsp3) is 0. The first kappa shape index (κ1) is 15.8. The van der Waals surface area contributed by atoms with Crippen molar-refractivity contribution >= 4 is 27.4 Å². The second-order valence-corrected chi connectivity index (χ2v) is 5.94. The molecular formula is C13H7ClN2O5S. The molecule has 0 spiro atoms. The Labute approximate surface area is 130 Å². The van der Waals surface area contributed by atoms with Gasteiger partial charge in [0.25, 0.3) is 5.69 Å². The molecule has 0 radical (unpaired) electrons. The minimum atomic E-state index is -4.42. The van der Waals surface area contributed by atoms with E-state index in [4.69, 9.17) is 21.0 Å². The van der Waals surface area contributed by atoms with Crippen LogP contribution >= 0.6 is 11.6 Å². The fourth-order valence-electron chi connectivity index (χ4n) is 1.59. The van der Waals surface area contributed by atoms with E-state index in [9.17, 15) is 18.5 Å². The zero-order valence-corrected chi connectivity index (χ0v) is 12.3. The number of benzene rings is 2. The molecule has 9 heteroatoms. The molecule has 2 aromatic carbocycles. The maximum atomic E-state index is 12.2. The molecule has 0 aromatic heterocycles. The minimum absolute atomic E-state index is 0.00706. The van der Waals surface area contributed by atoms with Gasteiger partial charge in [-0.25, -0.2) is 0 Å². The van der Waals surface area contributed by atoms with Gasteiger partial charge < -0.3 is 4.18 Å². The van der Waals surface area contributed by atoms with Gasteiger partial charge in [-0.05, 0) is 18.2 Å². The molecule has 0 aliphatic heterocycles. The van der Waals surface area contributed by atoms with Crippen LogP contribution < -0.4 is 4.18 Å². The number of nitro benzene ring substituents is 1. The number of hydrogen-bond donors (Lipinski definition) is 0. The van der Waals surface area contributed by atoms with Crippen molar-refractivity contribution in [3.63, 3.8) is 0 Å². The molecule has 0 atom stereocenters. The van der Waals surface area contributed by atoms with Crippen molar-refractivity contribution in [2.75, 3.05) is 0 Å². The fourth-order valence-corrected chi connectivity index (χ4v) is 3.04. The Morgan fingerprint density at radius 3 is 2.55 bits per heavy atom. The van der Waals surface area contributed by atoms with Gasteiger partial charge in [0.15, 0.2) is 5.75 Å². The summed E-state index contributed by atoms with van der Waals surface area (Å²) in [4.78, 5) is 9.44. The van der Waals surface area contributed by atoms with E-state index < -0.39 is 25.6 Å². The number of non-ortho nitro benzene ring substituents is 1. The molecule has 0 saturated carbocycles. The van der Waals surface area contributed by atoms with Crippen LogP contribution in [0.5, 0.6) is 5.75 Å². The highest BCUT2D eigenvalue weighted by molar-refractivity contribution is 7.87. The summed E-state index contributed by atoms with van der Waals surface area (Å²) in [5.74, 6) is -0.187. The minimum Gasteiger partial charge on any atom is -0.378 e. The normalized spacial score (nSPS) is 10.7. The summed E-state index contributed by atoms with van der Waals surface area (Å²) in [6.07, 6.45) is 0. The van der Waals surface area contributed by atoms with Crippen molar-refractivity contribution < 1.29 is 17.5 Å². The number of rotatable bonds is 4. The van der Waals surface area contributed by atoms with Crippen LogP contribution in [0.25, 0.3) is 0 Å². The summed E-state index contributed by atoms with van der Waals surface area (Å²) in [6.45, 7) is 0. The maximum absolute atomic E-state index is 12.2. The van der Waals surface area contributed by atoms with E-state index in [1.807, 2.05) is 0 Å². The summed E-state index contributed by atoms with van der Waals surface area (Å²) in [7, 11) is -4.42. The number of halogens is 1. The third-order valence-corrected chi connectivity index (χ3v) is 4.32. The van der Waals surface area contributed by atoms with E-state index in [0.717, 1.165) is 18.2 Å². The Morgan fingerprint density at radius 1 is 1.23 bits per heavy atom. The van der Waals surface area contributed by atoms with Crippen molar-refractivity contribution in [1.29, 1.82) is 5.26 Å². The second kappa shape index (κ2) is 6.01. The van der Waals surface area contributed by atoms with Gasteiger partial charge in [0.05, 0.1) is 15.5 Å². The van der Waals surface area contributed by atoms with Crippen LogP contribution in [0.1, 0.15) is 5.56 Å². The van der Waals surface area contributed by atoms with Gasteiger partial charge in [-0.3, -0.25) is 10.1 Å². The Hall–Kier alpha value is -2.63. The summed E-state index contributed by atoms with van der Waals surface area (Å²) in [6, 6.07) is 10.4. The summed E-state index contributed by atoms with van der Waals surface area (Å²) in [5.41, 5.74) is -0.437. The zero-order valence-electron chi connectivity index (χ0n) is 10.8. The predicted octanol–water partition coefficient (Wildman–Crippen LogP) is 2.89. The molecular weight excluding hydrogens is 332 g/mol. The Bertz CT molecular complexity index is 890. The summed E-state index contributed by atoms with van der Waals surface area (Å²) in [5, 5.41) is 19.4. The van der Waals surface area contributed by atoms with E-state index in [0.29, 0.717) is 0 Å². The number of para-hydroxylation sites is 1. The molecule has 0 unspecified atom stereocenters. The lowest BCUT2D eigenvalue weighted by atomic mass is 10.2. The van der Waals surface area contributed by atoms with Crippen LogP contribution in [0.15, 0.2) is 47.4 Å². The Balaban J connectivity index is 2.50. The van der Waals surface area contributed by atoms with E-state index in [1.165, 1.54) is 18.2 Å².